The average Bonchev–Trinajstić information content (AvgIpc) is 2.15. The number of nitrogens with two attached hydrogens (primary N) is 1. The van der Waals surface area contributed by atoms with Crippen molar-refractivity contribution in [2.24, 2.45) is 5.73 Å². The highest BCUT2D eigenvalue weighted by Gasteiger charge is 2.02. The molecule has 0 aliphatic carbocycles. The number of phenols is 1. The first-order valence-electron chi connectivity index (χ1n) is 4.34. The van der Waals surface area contributed by atoms with Crippen LogP contribution in [0.5, 0.6) is 11.5 Å². The Morgan fingerprint density at radius 3 is 2.85 bits per heavy atom. The van der Waals surface area contributed by atoms with Gasteiger partial charge in [-0.1, -0.05) is 0 Å². The van der Waals surface area contributed by atoms with Crippen molar-refractivity contribution in [3.05, 3.63) is 23.8 Å². The van der Waals surface area contributed by atoms with E-state index in [0.29, 0.717) is 6.54 Å². The van der Waals surface area contributed by atoms with Gasteiger partial charge in [-0.25, -0.2) is 0 Å². The van der Waals surface area contributed by atoms with Gasteiger partial charge in [0.1, 0.15) is 11.5 Å². The Morgan fingerprint density at radius 2 is 2.23 bits per heavy atom. The molecule has 72 valence electrons. The topological polar surface area (TPSA) is 55.5 Å². The van der Waals surface area contributed by atoms with Crippen LogP contribution in [-0.4, -0.2) is 18.8 Å². The van der Waals surface area contributed by atoms with Gasteiger partial charge < -0.3 is 15.6 Å². The summed E-state index contributed by atoms with van der Waals surface area (Å²) in [7, 11) is 1.62. The van der Waals surface area contributed by atoms with E-state index in [1.165, 1.54) is 0 Å². The van der Waals surface area contributed by atoms with Crippen molar-refractivity contribution in [3.8, 4) is 11.5 Å². The molecule has 0 saturated heterocycles. The van der Waals surface area contributed by atoms with Crippen LogP contribution in [-0.2, 0) is 6.42 Å². The van der Waals surface area contributed by atoms with Gasteiger partial charge in [-0.15, -0.1) is 0 Å². The average molecular weight is 181 g/mol. The van der Waals surface area contributed by atoms with E-state index in [1.54, 1.807) is 25.3 Å². The van der Waals surface area contributed by atoms with Crippen LogP contribution in [0.3, 0.4) is 0 Å². The second kappa shape index (κ2) is 4.72. The lowest BCUT2D eigenvalue weighted by Gasteiger charge is -2.07. The lowest BCUT2D eigenvalue weighted by Crippen LogP contribution is -2.01. The Morgan fingerprint density at radius 1 is 1.46 bits per heavy atom. The molecule has 0 fully saturated rings. The monoisotopic (exact) mass is 181 g/mol. The Balaban J connectivity index is 2.81. The van der Waals surface area contributed by atoms with Crippen LogP contribution in [0.15, 0.2) is 18.2 Å². The highest BCUT2D eigenvalue weighted by Crippen LogP contribution is 2.23. The Kier molecular flexibility index (Phi) is 3.58. The third-order valence-corrected chi connectivity index (χ3v) is 1.91. The van der Waals surface area contributed by atoms with Crippen LogP contribution in [0.2, 0.25) is 0 Å². The van der Waals surface area contributed by atoms with E-state index in [4.69, 9.17) is 10.5 Å². The molecule has 0 heterocycles. The van der Waals surface area contributed by atoms with Gasteiger partial charge in [-0.3, -0.25) is 0 Å². The molecule has 3 nitrogen and oxygen atoms in total. The van der Waals surface area contributed by atoms with Crippen molar-refractivity contribution in [1.29, 1.82) is 0 Å². The fourth-order valence-corrected chi connectivity index (χ4v) is 1.25. The first-order valence-corrected chi connectivity index (χ1v) is 4.34. The van der Waals surface area contributed by atoms with Crippen molar-refractivity contribution >= 4 is 0 Å². The summed E-state index contributed by atoms with van der Waals surface area (Å²) in [5, 5.41) is 9.25. The minimum atomic E-state index is 0.271. The maximum Gasteiger partial charge on any atom is 0.122 e. The molecule has 1 aromatic carbocycles. The summed E-state index contributed by atoms with van der Waals surface area (Å²) in [6.07, 6.45) is 1.74. The second-order valence-electron chi connectivity index (χ2n) is 2.89. The summed E-state index contributed by atoms with van der Waals surface area (Å²) in [4.78, 5) is 0. The highest BCUT2D eigenvalue weighted by molar-refractivity contribution is 5.39. The molecule has 0 bridgehead atoms. The highest BCUT2D eigenvalue weighted by atomic mass is 16.5. The van der Waals surface area contributed by atoms with Crippen molar-refractivity contribution in [3.63, 3.8) is 0 Å². The molecule has 1 aromatic rings. The van der Waals surface area contributed by atoms with Gasteiger partial charge in [0.15, 0.2) is 0 Å². The second-order valence-corrected chi connectivity index (χ2v) is 2.89. The molecule has 0 unspecified atom stereocenters. The molecular weight excluding hydrogens is 166 g/mol. The molecule has 0 radical (unpaired) electrons. The number of methoxy groups -OCH3 is 1. The molecule has 3 heteroatoms. The van der Waals surface area contributed by atoms with Gasteiger partial charge in [0.25, 0.3) is 0 Å². The van der Waals surface area contributed by atoms with Gasteiger partial charge in [0.05, 0.1) is 7.11 Å². The first-order chi connectivity index (χ1) is 6.27. The van der Waals surface area contributed by atoms with Crippen LogP contribution < -0.4 is 10.5 Å². The molecule has 0 atom stereocenters. The molecular formula is C10H15NO2. The van der Waals surface area contributed by atoms with Crippen molar-refractivity contribution in [2.75, 3.05) is 13.7 Å². The number of hydrogen-bond acceptors (Lipinski definition) is 3. The largest absolute Gasteiger partial charge is 0.508 e. The lowest BCUT2D eigenvalue weighted by molar-refractivity contribution is 0.406. The summed E-state index contributed by atoms with van der Waals surface area (Å²) in [6, 6.07) is 5.10. The van der Waals surface area contributed by atoms with Crippen LogP contribution in [0.4, 0.5) is 0 Å². The van der Waals surface area contributed by atoms with Crippen molar-refractivity contribution in [1.82, 2.24) is 0 Å². The fraction of sp³-hybridized carbons (Fsp3) is 0.400. The third-order valence-electron chi connectivity index (χ3n) is 1.91. The first kappa shape index (κ1) is 9.86. The SMILES string of the molecule is COc1ccc(O)cc1CCCN. The molecule has 0 amide bonds. The number of aryl methyl sites for hydroxylation is 1. The van der Waals surface area contributed by atoms with Gasteiger partial charge in [-0.2, -0.15) is 0 Å². The standard InChI is InChI=1S/C10H15NO2/c1-13-10-5-4-9(12)7-8(10)3-2-6-11/h4-5,7,12H,2-3,6,11H2,1H3. The summed E-state index contributed by atoms with van der Waals surface area (Å²) < 4.78 is 5.15. The molecule has 0 aliphatic rings. The maximum atomic E-state index is 9.25. The van der Waals surface area contributed by atoms with E-state index in [9.17, 15) is 5.11 Å². The minimum absolute atomic E-state index is 0.271. The zero-order valence-corrected chi connectivity index (χ0v) is 7.79. The molecule has 0 aromatic heterocycles. The molecule has 0 spiro atoms. The number of ether oxygens (including phenoxy) is 1. The van der Waals surface area contributed by atoms with E-state index in [-0.39, 0.29) is 5.75 Å². The quantitative estimate of drug-likeness (QED) is 0.736. The van der Waals surface area contributed by atoms with Crippen LogP contribution in [0.1, 0.15) is 12.0 Å². The van der Waals surface area contributed by atoms with Gasteiger partial charge in [0.2, 0.25) is 0 Å². The van der Waals surface area contributed by atoms with Crippen molar-refractivity contribution < 1.29 is 9.84 Å². The molecule has 1 rings (SSSR count). The number of aromatic hydroxyl groups is 1. The summed E-state index contributed by atoms with van der Waals surface area (Å²) in [6.45, 7) is 0.652. The van der Waals surface area contributed by atoms with Crippen LogP contribution in [0, 0.1) is 0 Å². The zero-order chi connectivity index (χ0) is 9.68. The Bertz CT molecular complexity index is 274. The number of phenolic OH excluding ortho intramolecular Hbond substituents is 1. The number of benzene rings is 1. The summed E-state index contributed by atoms with van der Waals surface area (Å²) in [5.41, 5.74) is 6.41. The van der Waals surface area contributed by atoms with Crippen LogP contribution >= 0.6 is 0 Å². The normalized spacial score (nSPS) is 10.0. The van der Waals surface area contributed by atoms with Crippen LogP contribution in [0.25, 0.3) is 0 Å². The van der Waals surface area contributed by atoms with E-state index < -0.39 is 0 Å². The van der Waals surface area contributed by atoms with Gasteiger partial charge >= 0.3 is 0 Å². The molecule has 0 saturated carbocycles. The van der Waals surface area contributed by atoms with Crippen molar-refractivity contribution in [2.45, 2.75) is 12.8 Å². The third kappa shape index (κ3) is 2.63. The molecule has 0 aliphatic heterocycles. The lowest BCUT2D eigenvalue weighted by atomic mass is 10.1. The summed E-state index contributed by atoms with van der Waals surface area (Å²) >= 11 is 0. The van der Waals surface area contributed by atoms with E-state index in [1.807, 2.05) is 0 Å². The molecule has 3 N–H and O–H groups in total. The number of hydrogen-bond donors (Lipinski definition) is 2. The van der Waals surface area contributed by atoms with Gasteiger partial charge in [0, 0.05) is 0 Å². The zero-order valence-electron chi connectivity index (χ0n) is 7.79. The smallest absolute Gasteiger partial charge is 0.122 e. The van der Waals surface area contributed by atoms with Gasteiger partial charge in [-0.05, 0) is 43.1 Å². The maximum absolute atomic E-state index is 9.25. The predicted molar refractivity (Wildman–Crippen MR) is 52.0 cm³/mol. The van der Waals surface area contributed by atoms with E-state index in [0.717, 1.165) is 24.2 Å². The van der Waals surface area contributed by atoms with E-state index in [2.05, 4.69) is 0 Å². The Labute approximate surface area is 78.1 Å². The summed E-state index contributed by atoms with van der Waals surface area (Å²) in [5.74, 6) is 1.08. The predicted octanol–water partition coefficient (Wildman–Crippen LogP) is 1.29. The minimum Gasteiger partial charge on any atom is -0.508 e. The Hall–Kier alpha value is -1.22. The number of rotatable bonds is 4. The van der Waals surface area contributed by atoms with E-state index >= 15 is 0 Å². The fourth-order valence-electron chi connectivity index (χ4n) is 1.25. The molecule has 13 heavy (non-hydrogen) atoms.